The van der Waals surface area contributed by atoms with Crippen LogP contribution in [0.2, 0.25) is 0 Å². The average molecular weight is 678 g/mol. The van der Waals surface area contributed by atoms with E-state index in [1.165, 1.54) is 24.3 Å². The van der Waals surface area contributed by atoms with E-state index < -0.39 is 16.4 Å². The van der Waals surface area contributed by atoms with E-state index in [1.54, 1.807) is 18.2 Å². The minimum atomic E-state index is -1.13. The number of amides is 2. The number of nitro groups is 1. The summed E-state index contributed by atoms with van der Waals surface area (Å²) in [4.78, 5) is 42.0. The summed E-state index contributed by atoms with van der Waals surface area (Å²) in [5, 5.41) is 27.4. The molecule has 4 aromatic rings. The first-order valence-corrected chi connectivity index (χ1v) is 16.4. The largest absolute Gasteiger partial charge is 0.381 e. The molecule has 2 aromatic heterocycles. The lowest BCUT2D eigenvalue weighted by atomic mass is 9.91. The van der Waals surface area contributed by atoms with Gasteiger partial charge in [0.05, 0.1) is 37.0 Å². The van der Waals surface area contributed by atoms with Crippen LogP contribution >= 0.6 is 0 Å². The number of carbonyl (C=O) groups excluding carboxylic acids is 2. The number of halogens is 1. The summed E-state index contributed by atoms with van der Waals surface area (Å²) in [6, 6.07) is 12.8. The van der Waals surface area contributed by atoms with Crippen LogP contribution in [0.5, 0.6) is 0 Å². The minimum absolute atomic E-state index is 0.0675. The number of benzene rings is 2. The molecular weight excluding hydrogens is 637 g/mol. The number of carbonyl (C=O) groups is 2. The van der Waals surface area contributed by atoms with Crippen molar-refractivity contribution in [3.63, 3.8) is 0 Å². The third kappa shape index (κ3) is 8.91. The highest BCUT2D eigenvalue weighted by Crippen LogP contribution is 2.41. The van der Waals surface area contributed by atoms with Crippen LogP contribution < -0.4 is 16.0 Å². The van der Waals surface area contributed by atoms with Gasteiger partial charge in [-0.25, -0.2) is 14.0 Å². The number of anilines is 1. The number of non-ortho nitro benzene ring substituents is 1. The standard InChI is InChI=1S/C34H40FN7O7/c1-3-34(4-2,39-32(43)27-12-11-25(23-7-8-23)28(38-27)21-22-5-9-24(35)10-6-22)33(44)37-16-18-48-20-19-47-17-15-36-26-13-14-29(42(45)46)31-30(26)40-49-41-31/h5-6,9-14,23,36H,3-4,7-8,15-21H2,1-2H3,(H,37,44)(H,39,43). The van der Waals surface area contributed by atoms with Crippen molar-refractivity contribution >= 4 is 34.2 Å². The van der Waals surface area contributed by atoms with Gasteiger partial charge in [-0.3, -0.25) is 19.7 Å². The van der Waals surface area contributed by atoms with Gasteiger partial charge >= 0.3 is 5.69 Å². The first-order valence-electron chi connectivity index (χ1n) is 16.4. The predicted molar refractivity (Wildman–Crippen MR) is 178 cm³/mol. The molecule has 3 N–H and O–H groups in total. The Labute approximate surface area is 282 Å². The molecule has 0 saturated heterocycles. The molecule has 2 amide bonds. The summed E-state index contributed by atoms with van der Waals surface area (Å²) in [7, 11) is 0. The van der Waals surface area contributed by atoms with E-state index in [1.807, 2.05) is 19.9 Å². The fourth-order valence-corrected chi connectivity index (χ4v) is 5.56. The molecule has 1 fully saturated rings. The number of fused-ring (bicyclic) bond motifs is 1. The van der Waals surface area contributed by atoms with E-state index in [0.717, 1.165) is 29.7 Å². The molecule has 5 rings (SSSR count). The number of nitrogens with zero attached hydrogens (tertiary/aromatic N) is 4. The van der Waals surface area contributed by atoms with Crippen molar-refractivity contribution in [2.75, 3.05) is 44.8 Å². The number of nitrogens with one attached hydrogen (secondary N) is 3. The molecule has 260 valence electrons. The van der Waals surface area contributed by atoms with E-state index in [9.17, 15) is 24.1 Å². The second kappa shape index (κ2) is 16.4. The van der Waals surface area contributed by atoms with E-state index in [0.29, 0.717) is 57.2 Å². The molecule has 2 aromatic carbocycles. The van der Waals surface area contributed by atoms with Crippen LogP contribution in [0.1, 0.15) is 72.8 Å². The number of nitro benzene ring substituents is 1. The van der Waals surface area contributed by atoms with Crippen LogP contribution in [0.3, 0.4) is 0 Å². The number of aromatic nitrogens is 3. The maximum atomic E-state index is 13.5. The van der Waals surface area contributed by atoms with Gasteiger partial charge in [0.2, 0.25) is 11.4 Å². The summed E-state index contributed by atoms with van der Waals surface area (Å²) >= 11 is 0. The van der Waals surface area contributed by atoms with E-state index in [-0.39, 0.29) is 47.3 Å². The molecule has 14 nitrogen and oxygen atoms in total. The lowest BCUT2D eigenvalue weighted by Crippen LogP contribution is -2.58. The summed E-state index contributed by atoms with van der Waals surface area (Å²) in [5.41, 5.74) is 2.59. The van der Waals surface area contributed by atoms with E-state index in [4.69, 9.17) is 14.5 Å². The van der Waals surface area contributed by atoms with Crippen LogP contribution in [-0.4, -0.2) is 77.1 Å². The molecule has 0 atom stereocenters. The van der Waals surface area contributed by atoms with Crippen molar-refractivity contribution in [2.45, 2.75) is 57.4 Å². The zero-order chi connectivity index (χ0) is 34.8. The van der Waals surface area contributed by atoms with Crippen LogP contribution in [-0.2, 0) is 20.7 Å². The molecular formula is C34H40FN7O7. The van der Waals surface area contributed by atoms with Gasteiger partial charge in [-0.2, -0.15) is 0 Å². The highest BCUT2D eigenvalue weighted by atomic mass is 19.1. The van der Waals surface area contributed by atoms with Crippen molar-refractivity contribution in [3.05, 3.63) is 87.0 Å². The van der Waals surface area contributed by atoms with Crippen LogP contribution in [0.15, 0.2) is 53.2 Å². The monoisotopic (exact) mass is 677 g/mol. The van der Waals surface area contributed by atoms with Gasteiger partial charge < -0.3 is 25.4 Å². The van der Waals surface area contributed by atoms with E-state index >= 15 is 0 Å². The lowest BCUT2D eigenvalue weighted by molar-refractivity contribution is -0.383. The fraction of sp³-hybridized carbons (Fsp3) is 0.441. The third-order valence-corrected chi connectivity index (χ3v) is 8.60. The highest BCUT2D eigenvalue weighted by molar-refractivity contribution is 5.98. The van der Waals surface area contributed by atoms with Gasteiger partial charge in [-0.15, -0.1) is 0 Å². The first kappa shape index (κ1) is 35.3. The molecule has 1 aliphatic carbocycles. The normalized spacial score (nSPS) is 13.0. The SMILES string of the molecule is CCC(CC)(NC(=O)c1ccc(C2CC2)c(Cc2ccc(F)cc2)n1)C(=O)NCCOCCOCCNc1ccc([N+](=O)[O-])c2nonc12. The molecule has 1 saturated carbocycles. The Kier molecular flexibility index (Phi) is 11.8. The molecule has 0 radical (unpaired) electrons. The summed E-state index contributed by atoms with van der Waals surface area (Å²) in [5.74, 6) is -0.624. The molecule has 2 heterocycles. The minimum Gasteiger partial charge on any atom is -0.381 e. The summed E-state index contributed by atoms with van der Waals surface area (Å²) in [6.45, 7) is 5.56. The molecule has 1 aliphatic rings. The Morgan fingerprint density at radius 2 is 1.65 bits per heavy atom. The van der Waals surface area contributed by atoms with E-state index in [2.05, 4.69) is 30.9 Å². The van der Waals surface area contributed by atoms with Crippen LogP contribution in [0.4, 0.5) is 15.8 Å². The molecule has 0 aliphatic heterocycles. The van der Waals surface area contributed by atoms with Gasteiger partial charge in [0.1, 0.15) is 17.1 Å². The summed E-state index contributed by atoms with van der Waals surface area (Å²) in [6.07, 6.45) is 3.39. The van der Waals surface area contributed by atoms with Crippen molar-refractivity contribution < 1.29 is 33.0 Å². The molecule has 0 unspecified atom stereocenters. The van der Waals surface area contributed by atoms with Gasteiger partial charge in [0.15, 0.2) is 5.52 Å². The van der Waals surface area contributed by atoms with Gasteiger partial charge in [-0.1, -0.05) is 32.0 Å². The fourth-order valence-electron chi connectivity index (χ4n) is 5.56. The highest BCUT2D eigenvalue weighted by Gasteiger charge is 2.37. The maximum absolute atomic E-state index is 13.5. The van der Waals surface area contributed by atoms with Crippen molar-refractivity contribution in [3.8, 4) is 0 Å². The van der Waals surface area contributed by atoms with Gasteiger partial charge in [-0.05, 0) is 77.3 Å². The topological polar surface area (TPSA) is 184 Å². The van der Waals surface area contributed by atoms with Crippen molar-refractivity contribution in [2.24, 2.45) is 0 Å². The van der Waals surface area contributed by atoms with Gasteiger partial charge in [0, 0.05) is 31.3 Å². The zero-order valence-corrected chi connectivity index (χ0v) is 27.5. The van der Waals surface area contributed by atoms with Crippen molar-refractivity contribution in [1.82, 2.24) is 25.9 Å². The predicted octanol–water partition coefficient (Wildman–Crippen LogP) is 4.68. The van der Waals surface area contributed by atoms with Crippen LogP contribution in [0, 0.1) is 15.9 Å². The Bertz CT molecular complexity index is 1760. The number of rotatable bonds is 19. The smallest absolute Gasteiger partial charge is 0.300 e. The molecule has 0 bridgehead atoms. The number of pyridine rings is 1. The van der Waals surface area contributed by atoms with Gasteiger partial charge in [0.25, 0.3) is 5.91 Å². The molecule has 15 heteroatoms. The molecule has 0 spiro atoms. The Morgan fingerprint density at radius 3 is 2.33 bits per heavy atom. The van der Waals surface area contributed by atoms with Crippen LogP contribution in [0.25, 0.3) is 11.0 Å². The quantitative estimate of drug-likeness (QED) is 0.0711. The molecule has 49 heavy (non-hydrogen) atoms. The second-order valence-electron chi connectivity index (χ2n) is 11.8. The second-order valence-corrected chi connectivity index (χ2v) is 11.8. The van der Waals surface area contributed by atoms with Crippen molar-refractivity contribution in [1.29, 1.82) is 0 Å². The zero-order valence-electron chi connectivity index (χ0n) is 27.5. The Morgan fingerprint density at radius 1 is 0.959 bits per heavy atom. The lowest BCUT2D eigenvalue weighted by Gasteiger charge is -2.31. The third-order valence-electron chi connectivity index (χ3n) is 8.60. The number of hydrogen-bond acceptors (Lipinski definition) is 11. The number of hydrogen-bond donors (Lipinski definition) is 3. The maximum Gasteiger partial charge on any atom is 0.300 e. The first-order chi connectivity index (χ1) is 23.7. The Balaban J connectivity index is 1.04. The number of ether oxygens (including phenoxy) is 2. The summed E-state index contributed by atoms with van der Waals surface area (Å²) < 4.78 is 29.3. The Hall–Kier alpha value is -5.02. The average Bonchev–Trinajstić information content (AvgIpc) is 3.83.